The number of aliphatic carboxylic acids is 1. The fourth-order valence-corrected chi connectivity index (χ4v) is 1.26. The zero-order valence-corrected chi connectivity index (χ0v) is 8.97. The summed E-state index contributed by atoms with van der Waals surface area (Å²) in [5, 5.41) is 20.3. The van der Waals surface area contributed by atoms with Crippen molar-refractivity contribution in [1.82, 2.24) is 4.98 Å². The summed E-state index contributed by atoms with van der Waals surface area (Å²) < 4.78 is 0. The van der Waals surface area contributed by atoms with E-state index in [0.29, 0.717) is 12.2 Å². The predicted octanol–water partition coefficient (Wildman–Crippen LogP) is 1.48. The topological polar surface area (TPSA) is 86.0 Å². The number of nitrogens with zero attached hydrogens (tertiary/aromatic N) is 2. The van der Waals surface area contributed by atoms with Crippen LogP contribution in [0.15, 0.2) is 18.3 Å². The number of aromatic nitrogens is 1. The molecule has 0 aromatic carbocycles. The highest BCUT2D eigenvalue weighted by Crippen LogP contribution is 2.09. The van der Waals surface area contributed by atoms with Crippen molar-refractivity contribution in [3.63, 3.8) is 0 Å². The van der Waals surface area contributed by atoms with Crippen LogP contribution in [0.25, 0.3) is 0 Å². The van der Waals surface area contributed by atoms with Crippen molar-refractivity contribution in [2.75, 3.05) is 11.9 Å². The summed E-state index contributed by atoms with van der Waals surface area (Å²) in [6.07, 6.45) is 1.67. The summed E-state index contributed by atoms with van der Waals surface area (Å²) in [6, 6.07) is 5.32. The van der Waals surface area contributed by atoms with Crippen LogP contribution in [-0.2, 0) is 4.79 Å². The minimum absolute atomic E-state index is 0.0381. The number of nitriles is 1. The highest BCUT2D eigenvalue weighted by molar-refractivity contribution is 5.67. The number of hydrogen-bond acceptors (Lipinski definition) is 4. The fourth-order valence-electron chi connectivity index (χ4n) is 1.26. The Bertz CT molecular complexity index is 412. The maximum atomic E-state index is 10.4. The van der Waals surface area contributed by atoms with Crippen LogP contribution in [0.1, 0.15) is 19.0 Å². The largest absolute Gasteiger partial charge is 0.481 e. The quantitative estimate of drug-likeness (QED) is 0.783. The Morgan fingerprint density at radius 3 is 3.12 bits per heavy atom. The summed E-state index contributed by atoms with van der Waals surface area (Å²) in [5.41, 5.74) is 1.12. The van der Waals surface area contributed by atoms with Gasteiger partial charge in [0.1, 0.15) is 11.8 Å². The van der Waals surface area contributed by atoms with Gasteiger partial charge in [-0.2, -0.15) is 5.26 Å². The van der Waals surface area contributed by atoms with Gasteiger partial charge in [0.05, 0.1) is 0 Å². The number of carboxylic acid groups (broad SMARTS) is 1. The van der Waals surface area contributed by atoms with Gasteiger partial charge >= 0.3 is 5.97 Å². The van der Waals surface area contributed by atoms with Crippen molar-refractivity contribution in [3.05, 3.63) is 24.0 Å². The lowest BCUT2D eigenvalue weighted by molar-refractivity contribution is -0.137. The lowest BCUT2D eigenvalue weighted by Gasteiger charge is -2.11. The van der Waals surface area contributed by atoms with E-state index in [1.54, 1.807) is 18.3 Å². The predicted molar refractivity (Wildman–Crippen MR) is 58.9 cm³/mol. The van der Waals surface area contributed by atoms with E-state index in [0.717, 1.165) is 5.69 Å². The normalized spacial score (nSPS) is 11.5. The van der Waals surface area contributed by atoms with Crippen molar-refractivity contribution in [1.29, 1.82) is 5.26 Å². The minimum atomic E-state index is -0.804. The van der Waals surface area contributed by atoms with E-state index in [1.165, 1.54) is 0 Å². The first-order valence-electron chi connectivity index (χ1n) is 4.93. The summed E-state index contributed by atoms with van der Waals surface area (Å²) in [6.45, 7) is 2.41. The third-order valence-corrected chi connectivity index (χ3v) is 2.05. The molecule has 1 aromatic rings. The van der Waals surface area contributed by atoms with Crippen LogP contribution in [0, 0.1) is 17.2 Å². The molecule has 1 aromatic heterocycles. The first-order chi connectivity index (χ1) is 7.61. The number of anilines is 1. The van der Waals surface area contributed by atoms with Gasteiger partial charge in [0, 0.05) is 24.8 Å². The smallest absolute Gasteiger partial charge is 0.303 e. The van der Waals surface area contributed by atoms with Gasteiger partial charge in [0.2, 0.25) is 0 Å². The molecule has 84 valence electrons. The molecule has 0 aliphatic heterocycles. The summed E-state index contributed by atoms with van der Waals surface area (Å²) in [4.78, 5) is 14.3. The van der Waals surface area contributed by atoms with E-state index in [4.69, 9.17) is 10.4 Å². The van der Waals surface area contributed by atoms with Crippen LogP contribution in [0.4, 0.5) is 5.69 Å². The van der Waals surface area contributed by atoms with Crippen molar-refractivity contribution < 1.29 is 9.90 Å². The standard InChI is InChI=1S/C11H13N3O2/c1-8(4-11(15)16)7-14-9-2-3-13-10(5-9)6-12/h2-3,5,8H,4,7H2,1H3,(H,13,14)(H,15,16). The van der Waals surface area contributed by atoms with E-state index >= 15 is 0 Å². The second-order valence-electron chi connectivity index (χ2n) is 3.63. The van der Waals surface area contributed by atoms with Crippen molar-refractivity contribution >= 4 is 11.7 Å². The van der Waals surface area contributed by atoms with Crippen LogP contribution in [0.2, 0.25) is 0 Å². The molecule has 0 aliphatic carbocycles. The molecule has 0 fully saturated rings. The summed E-state index contributed by atoms with van der Waals surface area (Å²) in [5.74, 6) is -0.766. The zero-order valence-electron chi connectivity index (χ0n) is 8.97. The van der Waals surface area contributed by atoms with E-state index in [-0.39, 0.29) is 12.3 Å². The number of hydrogen-bond donors (Lipinski definition) is 2. The van der Waals surface area contributed by atoms with Gasteiger partial charge in [-0.3, -0.25) is 4.79 Å². The fraction of sp³-hybridized carbons (Fsp3) is 0.364. The Kier molecular flexibility index (Phi) is 4.28. The third-order valence-electron chi connectivity index (χ3n) is 2.05. The van der Waals surface area contributed by atoms with Crippen molar-refractivity contribution in [2.45, 2.75) is 13.3 Å². The van der Waals surface area contributed by atoms with Gasteiger partial charge in [0.15, 0.2) is 0 Å². The van der Waals surface area contributed by atoms with E-state index < -0.39 is 5.97 Å². The number of carbonyl (C=O) groups is 1. The second kappa shape index (κ2) is 5.71. The van der Waals surface area contributed by atoms with Crippen LogP contribution in [0.5, 0.6) is 0 Å². The van der Waals surface area contributed by atoms with E-state index in [9.17, 15) is 4.79 Å². The Morgan fingerprint density at radius 2 is 2.50 bits per heavy atom. The third kappa shape index (κ3) is 3.96. The molecular formula is C11H13N3O2. The molecule has 1 rings (SSSR count). The van der Waals surface area contributed by atoms with Crippen molar-refractivity contribution in [3.8, 4) is 6.07 Å². The first-order valence-corrected chi connectivity index (χ1v) is 4.93. The molecule has 0 spiro atoms. The van der Waals surface area contributed by atoms with Gasteiger partial charge in [-0.05, 0) is 18.1 Å². The van der Waals surface area contributed by atoms with Gasteiger partial charge in [-0.1, -0.05) is 6.92 Å². The molecule has 0 saturated carbocycles. The van der Waals surface area contributed by atoms with Gasteiger partial charge in [0.25, 0.3) is 0 Å². The molecule has 0 amide bonds. The Labute approximate surface area is 93.7 Å². The molecule has 1 atom stereocenters. The molecule has 0 aliphatic rings. The lowest BCUT2D eigenvalue weighted by atomic mass is 10.1. The highest BCUT2D eigenvalue weighted by atomic mass is 16.4. The molecule has 5 nitrogen and oxygen atoms in total. The molecule has 2 N–H and O–H groups in total. The monoisotopic (exact) mass is 219 g/mol. The zero-order chi connectivity index (χ0) is 12.0. The van der Waals surface area contributed by atoms with Crippen LogP contribution >= 0.6 is 0 Å². The number of carboxylic acids is 1. The summed E-state index contributed by atoms with van der Waals surface area (Å²) >= 11 is 0. The van der Waals surface area contributed by atoms with Crippen LogP contribution < -0.4 is 5.32 Å². The van der Waals surface area contributed by atoms with Gasteiger partial charge in [-0.25, -0.2) is 4.98 Å². The van der Waals surface area contributed by atoms with Crippen molar-refractivity contribution in [2.24, 2.45) is 5.92 Å². The first kappa shape index (κ1) is 12.0. The molecular weight excluding hydrogens is 206 g/mol. The maximum Gasteiger partial charge on any atom is 0.303 e. The lowest BCUT2D eigenvalue weighted by Crippen LogP contribution is -2.15. The Morgan fingerprint density at radius 1 is 1.75 bits per heavy atom. The average Bonchev–Trinajstić information content (AvgIpc) is 2.26. The number of rotatable bonds is 5. The van der Waals surface area contributed by atoms with Crippen LogP contribution in [-0.4, -0.2) is 22.6 Å². The number of pyridine rings is 1. The molecule has 1 heterocycles. The average molecular weight is 219 g/mol. The highest BCUT2D eigenvalue weighted by Gasteiger charge is 2.07. The Hall–Kier alpha value is -2.09. The molecule has 0 bridgehead atoms. The minimum Gasteiger partial charge on any atom is -0.481 e. The van der Waals surface area contributed by atoms with E-state index in [1.807, 2.05) is 13.0 Å². The molecule has 0 saturated heterocycles. The second-order valence-corrected chi connectivity index (χ2v) is 3.63. The molecule has 5 heteroatoms. The van der Waals surface area contributed by atoms with Gasteiger partial charge < -0.3 is 10.4 Å². The molecule has 0 radical (unpaired) electrons. The molecule has 16 heavy (non-hydrogen) atoms. The SMILES string of the molecule is CC(CNc1ccnc(C#N)c1)CC(=O)O. The molecule has 1 unspecified atom stereocenters. The van der Waals surface area contributed by atoms with E-state index in [2.05, 4.69) is 10.3 Å². The van der Waals surface area contributed by atoms with Gasteiger partial charge in [-0.15, -0.1) is 0 Å². The maximum absolute atomic E-state index is 10.4. The number of nitrogens with one attached hydrogen (secondary N) is 1. The van der Waals surface area contributed by atoms with Crippen LogP contribution in [0.3, 0.4) is 0 Å². The summed E-state index contributed by atoms with van der Waals surface area (Å²) in [7, 11) is 0. The Balaban J connectivity index is 2.48.